The van der Waals surface area contributed by atoms with E-state index in [-0.39, 0.29) is 11.9 Å². The van der Waals surface area contributed by atoms with Crippen LogP contribution in [0.2, 0.25) is 0 Å². The molecule has 0 radical (unpaired) electrons. The first-order chi connectivity index (χ1) is 8.26. The van der Waals surface area contributed by atoms with Crippen LogP contribution in [0.15, 0.2) is 0 Å². The van der Waals surface area contributed by atoms with E-state index < -0.39 is 0 Å². The van der Waals surface area contributed by atoms with Gasteiger partial charge in [-0.25, -0.2) is 0 Å². The van der Waals surface area contributed by atoms with E-state index in [4.69, 9.17) is 4.74 Å². The monoisotopic (exact) mass is 244 g/mol. The molecule has 0 saturated heterocycles. The number of carbonyl (C=O) groups excluding carboxylic acids is 1. The normalized spacial score (nSPS) is 14.9. The zero-order chi connectivity index (χ0) is 13.5. The third kappa shape index (κ3) is 11.7. The van der Waals surface area contributed by atoms with Gasteiger partial charge in [0.15, 0.2) is 0 Å². The van der Waals surface area contributed by atoms with Crippen molar-refractivity contribution in [2.45, 2.75) is 79.6 Å². The van der Waals surface area contributed by atoms with Gasteiger partial charge in [-0.3, -0.25) is 4.79 Å². The Labute approximate surface area is 108 Å². The minimum absolute atomic E-state index is 0.0385. The summed E-state index contributed by atoms with van der Waals surface area (Å²) in [7, 11) is 0. The van der Waals surface area contributed by atoms with E-state index in [0.29, 0.717) is 6.61 Å². The molecule has 0 spiro atoms. The smallest absolute Gasteiger partial charge is 0.308 e. The SMILES string of the molecule is CC.CCC.CCCOC(=O)C1CCCCC1. The summed E-state index contributed by atoms with van der Waals surface area (Å²) in [6.07, 6.45) is 7.96. The molecule has 0 aromatic heterocycles. The topological polar surface area (TPSA) is 26.3 Å². The Morgan fingerprint density at radius 1 is 1.06 bits per heavy atom. The van der Waals surface area contributed by atoms with Crippen molar-refractivity contribution in [3.8, 4) is 0 Å². The zero-order valence-corrected chi connectivity index (χ0v) is 12.6. The molecule has 1 aliphatic carbocycles. The molecule has 0 bridgehead atoms. The number of ether oxygens (including phenoxy) is 1. The average molecular weight is 244 g/mol. The van der Waals surface area contributed by atoms with Gasteiger partial charge >= 0.3 is 5.97 Å². The quantitative estimate of drug-likeness (QED) is 0.656. The fourth-order valence-corrected chi connectivity index (χ4v) is 1.66. The number of hydrogen-bond acceptors (Lipinski definition) is 2. The van der Waals surface area contributed by atoms with E-state index >= 15 is 0 Å². The summed E-state index contributed by atoms with van der Waals surface area (Å²) in [4.78, 5) is 11.3. The molecule has 0 heterocycles. The van der Waals surface area contributed by atoms with Gasteiger partial charge in [-0.1, -0.05) is 60.3 Å². The van der Waals surface area contributed by atoms with Crippen LogP contribution in [0.1, 0.15) is 79.6 Å². The molecule has 104 valence electrons. The Morgan fingerprint density at radius 3 is 1.94 bits per heavy atom. The molecule has 0 unspecified atom stereocenters. The van der Waals surface area contributed by atoms with Crippen LogP contribution in [-0.2, 0) is 9.53 Å². The highest BCUT2D eigenvalue weighted by Gasteiger charge is 2.21. The summed E-state index contributed by atoms with van der Waals surface area (Å²) in [5.41, 5.74) is 0. The minimum atomic E-state index is 0.0385. The summed E-state index contributed by atoms with van der Waals surface area (Å²) >= 11 is 0. The van der Waals surface area contributed by atoms with Crippen LogP contribution < -0.4 is 0 Å². The fourth-order valence-electron chi connectivity index (χ4n) is 1.66. The number of hydrogen-bond donors (Lipinski definition) is 0. The lowest BCUT2D eigenvalue weighted by Crippen LogP contribution is -2.20. The van der Waals surface area contributed by atoms with Crippen molar-refractivity contribution < 1.29 is 9.53 Å². The highest BCUT2D eigenvalue weighted by Crippen LogP contribution is 2.24. The third-order valence-electron chi connectivity index (χ3n) is 2.39. The molecule has 1 rings (SSSR count). The highest BCUT2D eigenvalue weighted by molar-refractivity contribution is 5.72. The van der Waals surface area contributed by atoms with Gasteiger partial charge in [-0.15, -0.1) is 0 Å². The molecule has 0 N–H and O–H groups in total. The lowest BCUT2D eigenvalue weighted by molar-refractivity contribution is -0.149. The van der Waals surface area contributed by atoms with Gasteiger partial charge < -0.3 is 4.74 Å². The number of esters is 1. The molecular formula is C15H32O2. The van der Waals surface area contributed by atoms with Crippen LogP contribution in [0, 0.1) is 5.92 Å². The Kier molecular flexibility index (Phi) is 17.1. The first-order valence-corrected chi connectivity index (χ1v) is 7.42. The molecule has 0 aromatic carbocycles. The van der Waals surface area contributed by atoms with Crippen molar-refractivity contribution >= 4 is 5.97 Å². The van der Waals surface area contributed by atoms with Gasteiger partial charge in [0.25, 0.3) is 0 Å². The van der Waals surface area contributed by atoms with Gasteiger partial charge in [0.05, 0.1) is 12.5 Å². The van der Waals surface area contributed by atoms with E-state index in [2.05, 4.69) is 13.8 Å². The Bertz CT molecular complexity index is 149. The molecule has 0 atom stereocenters. The van der Waals surface area contributed by atoms with Gasteiger partial charge in [0.1, 0.15) is 0 Å². The van der Waals surface area contributed by atoms with Crippen molar-refractivity contribution in [3.05, 3.63) is 0 Å². The second-order valence-electron chi connectivity index (χ2n) is 4.21. The van der Waals surface area contributed by atoms with Crippen molar-refractivity contribution in [1.29, 1.82) is 0 Å². The van der Waals surface area contributed by atoms with E-state index in [9.17, 15) is 4.79 Å². The molecule has 17 heavy (non-hydrogen) atoms. The summed E-state index contributed by atoms with van der Waals surface area (Å²) in [5, 5.41) is 0. The fraction of sp³-hybridized carbons (Fsp3) is 0.933. The van der Waals surface area contributed by atoms with Gasteiger partial charge in [0, 0.05) is 0 Å². The van der Waals surface area contributed by atoms with E-state index in [1.807, 2.05) is 20.8 Å². The standard InChI is InChI=1S/C10H18O2.C3H8.C2H6/c1-2-8-12-10(11)9-6-4-3-5-7-9;1-3-2;1-2/h9H,2-8H2,1H3;3H2,1-2H3;1-2H3. The maximum atomic E-state index is 11.3. The molecule has 2 nitrogen and oxygen atoms in total. The third-order valence-corrected chi connectivity index (χ3v) is 2.39. The van der Waals surface area contributed by atoms with E-state index in [1.54, 1.807) is 0 Å². The molecule has 2 heteroatoms. The lowest BCUT2D eigenvalue weighted by atomic mass is 9.89. The minimum Gasteiger partial charge on any atom is -0.465 e. The molecule has 0 amide bonds. The van der Waals surface area contributed by atoms with Crippen molar-refractivity contribution in [2.24, 2.45) is 5.92 Å². The van der Waals surface area contributed by atoms with Crippen molar-refractivity contribution in [1.82, 2.24) is 0 Å². The molecule has 1 aliphatic rings. The Morgan fingerprint density at radius 2 is 1.53 bits per heavy atom. The Hall–Kier alpha value is -0.530. The molecule has 0 aliphatic heterocycles. The largest absolute Gasteiger partial charge is 0.465 e. The van der Waals surface area contributed by atoms with Crippen LogP contribution >= 0.6 is 0 Å². The van der Waals surface area contributed by atoms with Crippen LogP contribution in [-0.4, -0.2) is 12.6 Å². The molecule has 1 fully saturated rings. The summed E-state index contributed by atoms with van der Waals surface area (Å²) < 4.78 is 5.09. The Balaban J connectivity index is 0. The maximum Gasteiger partial charge on any atom is 0.308 e. The number of rotatable bonds is 3. The summed E-state index contributed by atoms with van der Waals surface area (Å²) in [6.45, 7) is 10.9. The van der Waals surface area contributed by atoms with Crippen molar-refractivity contribution in [3.63, 3.8) is 0 Å². The lowest BCUT2D eigenvalue weighted by Gasteiger charge is -2.19. The predicted octanol–water partition coefficient (Wildman–Crippen LogP) is 4.96. The second kappa shape index (κ2) is 15.5. The maximum absolute atomic E-state index is 11.3. The van der Waals surface area contributed by atoms with Crippen LogP contribution in [0.5, 0.6) is 0 Å². The zero-order valence-electron chi connectivity index (χ0n) is 12.6. The number of carbonyl (C=O) groups is 1. The van der Waals surface area contributed by atoms with Crippen LogP contribution in [0.25, 0.3) is 0 Å². The first kappa shape index (κ1) is 18.8. The van der Waals surface area contributed by atoms with E-state index in [0.717, 1.165) is 19.3 Å². The molecular weight excluding hydrogens is 212 g/mol. The van der Waals surface area contributed by atoms with Gasteiger partial charge in [0.2, 0.25) is 0 Å². The average Bonchev–Trinajstić information content (AvgIpc) is 2.40. The van der Waals surface area contributed by atoms with Gasteiger partial charge in [-0.05, 0) is 19.3 Å². The van der Waals surface area contributed by atoms with Crippen LogP contribution in [0.4, 0.5) is 0 Å². The van der Waals surface area contributed by atoms with Crippen LogP contribution in [0.3, 0.4) is 0 Å². The first-order valence-electron chi connectivity index (χ1n) is 7.42. The second-order valence-corrected chi connectivity index (χ2v) is 4.21. The van der Waals surface area contributed by atoms with E-state index in [1.165, 1.54) is 25.7 Å². The van der Waals surface area contributed by atoms with Gasteiger partial charge in [-0.2, -0.15) is 0 Å². The molecule has 1 saturated carbocycles. The predicted molar refractivity (Wildman–Crippen MR) is 75.1 cm³/mol. The summed E-state index contributed by atoms with van der Waals surface area (Å²) in [5.74, 6) is 0.252. The molecule has 0 aromatic rings. The van der Waals surface area contributed by atoms with Crippen molar-refractivity contribution in [2.75, 3.05) is 6.61 Å². The highest BCUT2D eigenvalue weighted by atomic mass is 16.5. The summed E-state index contributed by atoms with van der Waals surface area (Å²) in [6, 6.07) is 0.